The molecule has 0 aromatic carbocycles. The molecule has 2 aliphatic carbocycles. The molecule has 2 atom stereocenters. The number of hydrogen-bond donors (Lipinski definition) is 0. The van der Waals surface area contributed by atoms with E-state index in [0.717, 1.165) is 33.4 Å². The van der Waals surface area contributed by atoms with Gasteiger partial charge in [0, 0.05) is 50.3 Å². The number of ketones is 1. The van der Waals surface area contributed by atoms with Gasteiger partial charge in [-0.05, 0) is 55.0 Å². The Hall–Kier alpha value is -2.88. The maximum absolute atomic E-state index is 13.4. The van der Waals surface area contributed by atoms with E-state index in [1.807, 2.05) is 0 Å². The van der Waals surface area contributed by atoms with Crippen LogP contribution in [-0.2, 0) is 10.2 Å². The predicted octanol–water partition coefficient (Wildman–Crippen LogP) is 4.09. The SMILES string of the molecule is CN1c2nc(C3=CCC(CC(=O)c4cccnc4)CC3)ccc2N(CC2CC2(F)F)S1(=O)=O. The number of allylic oxidation sites excluding steroid dienone is 2. The Balaban J connectivity index is 1.31. The fourth-order valence-corrected chi connectivity index (χ4v) is 5.91. The Morgan fingerprint density at radius 3 is 2.70 bits per heavy atom. The molecular formula is C23H24F2N4O3S. The summed E-state index contributed by atoms with van der Waals surface area (Å²) in [5.74, 6) is -3.19. The van der Waals surface area contributed by atoms with Crippen molar-refractivity contribution in [3.8, 4) is 0 Å². The molecule has 2 unspecified atom stereocenters. The fraction of sp³-hybridized carbons (Fsp3) is 0.435. The van der Waals surface area contributed by atoms with Crippen molar-refractivity contribution in [2.24, 2.45) is 11.8 Å². The average Bonchev–Trinajstić information content (AvgIpc) is 3.37. The van der Waals surface area contributed by atoms with Crippen molar-refractivity contribution >= 4 is 33.1 Å². The van der Waals surface area contributed by atoms with Crippen LogP contribution in [0.15, 0.2) is 42.7 Å². The second kappa shape index (κ2) is 7.86. The molecule has 1 aliphatic heterocycles. The summed E-state index contributed by atoms with van der Waals surface area (Å²) in [6.07, 6.45) is 7.73. The van der Waals surface area contributed by atoms with Crippen molar-refractivity contribution < 1.29 is 22.0 Å². The Labute approximate surface area is 191 Å². The van der Waals surface area contributed by atoms with Crippen molar-refractivity contribution in [1.82, 2.24) is 9.97 Å². The van der Waals surface area contributed by atoms with Gasteiger partial charge in [-0.2, -0.15) is 8.42 Å². The highest BCUT2D eigenvalue weighted by atomic mass is 32.2. The number of pyridine rings is 2. The number of nitrogens with zero attached hydrogens (tertiary/aromatic N) is 4. The lowest BCUT2D eigenvalue weighted by atomic mass is 9.84. The van der Waals surface area contributed by atoms with Crippen LogP contribution < -0.4 is 8.61 Å². The van der Waals surface area contributed by atoms with Crippen molar-refractivity contribution in [3.63, 3.8) is 0 Å². The summed E-state index contributed by atoms with van der Waals surface area (Å²) >= 11 is 0. The molecule has 1 saturated carbocycles. The van der Waals surface area contributed by atoms with Gasteiger partial charge in [-0.3, -0.25) is 9.78 Å². The zero-order valence-corrected chi connectivity index (χ0v) is 18.9. The number of carbonyl (C=O) groups is 1. The molecule has 0 bridgehead atoms. The summed E-state index contributed by atoms with van der Waals surface area (Å²) in [7, 11) is -2.52. The Kier molecular flexibility index (Phi) is 5.23. The van der Waals surface area contributed by atoms with Gasteiger partial charge in [0.2, 0.25) is 0 Å². The minimum Gasteiger partial charge on any atom is -0.294 e. The van der Waals surface area contributed by atoms with Gasteiger partial charge < -0.3 is 0 Å². The lowest BCUT2D eigenvalue weighted by Gasteiger charge is -2.21. The summed E-state index contributed by atoms with van der Waals surface area (Å²) in [6, 6.07) is 6.92. The van der Waals surface area contributed by atoms with Crippen LogP contribution in [-0.4, -0.2) is 43.7 Å². The van der Waals surface area contributed by atoms with E-state index in [9.17, 15) is 22.0 Å². The van der Waals surface area contributed by atoms with Crippen LogP contribution in [0.4, 0.5) is 20.3 Å². The first-order valence-electron chi connectivity index (χ1n) is 10.9. The zero-order chi connectivity index (χ0) is 23.4. The summed E-state index contributed by atoms with van der Waals surface area (Å²) in [4.78, 5) is 21.0. The Bertz CT molecular complexity index is 1230. The standard InChI is InChI=1S/C23H24F2N4O3S/c1-28-22-20(29(33(28,31)32)14-18-12-23(18,24)25)9-8-19(27-22)16-6-4-15(5-7-16)11-21(30)17-3-2-10-26-13-17/h2-3,6,8-10,13,15,18H,4-5,7,11-12,14H2,1H3. The molecule has 0 N–H and O–H groups in total. The predicted molar refractivity (Wildman–Crippen MR) is 120 cm³/mol. The number of aromatic nitrogens is 2. The Morgan fingerprint density at radius 1 is 1.27 bits per heavy atom. The third-order valence-electron chi connectivity index (χ3n) is 6.69. The first-order valence-corrected chi connectivity index (χ1v) is 12.3. The summed E-state index contributed by atoms with van der Waals surface area (Å²) in [6.45, 7) is -0.247. The van der Waals surface area contributed by atoms with E-state index < -0.39 is 22.0 Å². The van der Waals surface area contributed by atoms with Crippen LogP contribution >= 0.6 is 0 Å². The second-order valence-electron chi connectivity index (χ2n) is 8.95. The summed E-state index contributed by atoms with van der Waals surface area (Å²) < 4.78 is 54.5. The topological polar surface area (TPSA) is 83.5 Å². The molecular weight excluding hydrogens is 450 g/mol. The van der Waals surface area contributed by atoms with Crippen LogP contribution in [0.1, 0.15) is 48.2 Å². The molecule has 7 nitrogen and oxygen atoms in total. The summed E-state index contributed by atoms with van der Waals surface area (Å²) in [5.41, 5.74) is 2.62. The van der Waals surface area contributed by atoms with E-state index in [4.69, 9.17) is 0 Å². The smallest absolute Gasteiger partial charge is 0.294 e. The number of alkyl halides is 2. The quantitative estimate of drug-likeness (QED) is 0.589. The molecule has 174 valence electrons. The molecule has 0 saturated heterocycles. The van der Waals surface area contributed by atoms with Crippen molar-refractivity contribution in [1.29, 1.82) is 0 Å². The number of hydrogen-bond acceptors (Lipinski definition) is 5. The average molecular weight is 475 g/mol. The number of rotatable bonds is 6. The molecule has 0 radical (unpaired) electrons. The number of Topliss-reactive ketones (excluding diaryl/α,β-unsaturated/α-hetero) is 1. The zero-order valence-electron chi connectivity index (χ0n) is 18.1. The van der Waals surface area contributed by atoms with Gasteiger partial charge in [0.1, 0.15) is 0 Å². The van der Waals surface area contributed by atoms with E-state index in [1.54, 1.807) is 36.7 Å². The Morgan fingerprint density at radius 2 is 2.06 bits per heavy atom. The highest BCUT2D eigenvalue weighted by molar-refractivity contribution is 7.94. The van der Waals surface area contributed by atoms with Crippen LogP contribution in [0.5, 0.6) is 0 Å². The minimum absolute atomic E-state index is 0.0776. The van der Waals surface area contributed by atoms with Gasteiger partial charge in [0.15, 0.2) is 11.6 Å². The molecule has 5 rings (SSSR count). The van der Waals surface area contributed by atoms with Crippen LogP contribution in [0.2, 0.25) is 0 Å². The monoisotopic (exact) mass is 474 g/mol. The normalized spacial score (nSPS) is 24.9. The molecule has 0 amide bonds. The van der Waals surface area contributed by atoms with Gasteiger partial charge in [0.25, 0.3) is 5.92 Å². The van der Waals surface area contributed by atoms with E-state index in [-0.39, 0.29) is 30.5 Å². The van der Waals surface area contributed by atoms with Crippen LogP contribution in [0.3, 0.4) is 0 Å². The van der Waals surface area contributed by atoms with Crippen LogP contribution in [0, 0.1) is 11.8 Å². The number of anilines is 2. The molecule has 2 aromatic rings. The number of fused-ring (bicyclic) bond motifs is 1. The van der Waals surface area contributed by atoms with Crippen molar-refractivity contribution in [3.05, 3.63) is 54.0 Å². The molecule has 3 heterocycles. The van der Waals surface area contributed by atoms with Crippen molar-refractivity contribution in [2.45, 2.75) is 38.0 Å². The van der Waals surface area contributed by atoms with E-state index >= 15 is 0 Å². The van der Waals surface area contributed by atoms with E-state index in [0.29, 0.717) is 23.4 Å². The maximum Gasteiger partial charge on any atom is 0.327 e. The van der Waals surface area contributed by atoms with Crippen LogP contribution in [0.25, 0.3) is 5.57 Å². The molecule has 0 spiro atoms. The number of carbonyl (C=O) groups excluding carboxylic acids is 1. The fourth-order valence-electron chi connectivity index (χ4n) is 4.50. The third kappa shape index (κ3) is 4.01. The molecule has 1 fully saturated rings. The lowest BCUT2D eigenvalue weighted by Crippen LogP contribution is -2.37. The highest BCUT2D eigenvalue weighted by Gasteiger charge is 2.59. The lowest BCUT2D eigenvalue weighted by molar-refractivity contribution is 0.0957. The van der Waals surface area contributed by atoms with Gasteiger partial charge in [0.05, 0.1) is 11.4 Å². The summed E-state index contributed by atoms with van der Waals surface area (Å²) in [5, 5.41) is 0. The first kappa shape index (κ1) is 21.9. The molecule has 3 aliphatic rings. The van der Waals surface area contributed by atoms with E-state index in [1.165, 1.54) is 7.05 Å². The largest absolute Gasteiger partial charge is 0.327 e. The minimum atomic E-state index is -3.92. The van der Waals surface area contributed by atoms with Gasteiger partial charge >= 0.3 is 10.2 Å². The van der Waals surface area contributed by atoms with Crippen molar-refractivity contribution in [2.75, 3.05) is 22.2 Å². The molecule has 2 aromatic heterocycles. The van der Waals surface area contributed by atoms with Gasteiger partial charge in [-0.1, -0.05) is 6.08 Å². The molecule has 33 heavy (non-hydrogen) atoms. The third-order valence-corrected chi connectivity index (χ3v) is 8.46. The van der Waals surface area contributed by atoms with Gasteiger partial charge in [-0.25, -0.2) is 22.4 Å². The first-order chi connectivity index (χ1) is 15.7. The second-order valence-corrected chi connectivity index (χ2v) is 10.8. The number of halogens is 2. The van der Waals surface area contributed by atoms with E-state index in [2.05, 4.69) is 16.0 Å². The molecule has 10 heteroatoms. The highest BCUT2D eigenvalue weighted by Crippen LogP contribution is 2.51. The van der Waals surface area contributed by atoms with Gasteiger partial charge in [-0.15, -0.1) is 0 Å². The maximum atomic E-state index is 13.4.